The van der Waals surface area contributed by atoms with Crippen molar-refractivity contribution in [3.05, 3.63) is 52.0 Å². The van der Waals surface area contributed by atoms with Crippen molar-refractivity contribution < 1.29 is 4.42 Å². The van der Waals surface area contributed by atoms with Crippen LogP contribution in [-0.4, -0.2) is 16.0 Å². The highest BCUT2D eigenvalue weighted by Gasteiger charge is 2.11. The van der Waals surface area contributed by atoms with Crippen molar-refractivity contribution in [3.8, 4) is 0 Å². The van der Waals surface area contributed by atoms with E-state index in [1.165, 1.54) is 24.2 Å². The highest BCUT2D eigenvalue weighted by atomic mass is 35.5. The molecule has 0 saturated heterocycles. The number of hydrogen-bond donors (Lipinski definition) is 2. The Bertz CT molecular complexity index is 849. The molecule has 0 aliphatic heterocycles. The van der Waals surface area contributed by atoms with Gasteiger partial charge in [-0.15, -0.1) is 11.3 Å². The van der Waals surface area contributed by atoms with Crippen LogP contribution in [-0.2, 0) is 6.54 Å². The quantitative estimate of drug-likeness (QED) is 0.380. The molecule has 1 aliphatic carbocycles. The molecule has 8 heteroatoms. The summed E-state index contributed by atoms with van der Waals surface area (Å²) >= 11 is 13.4. The smallest absolute Gasteiger partial charge is 0.225 e. The molecule has 1 unspecified atom stereocenters. The van der Waals surface area contributed by atoms with E-state index in [1.54, 1.807) is 6.26 Å². The molecule has 3 aromatic rings. The molecule has 0 aromatic carbocycles. The Morgan fingerprint density at radius 1 is 1.30 bits per heavy atom. The van der Waals surface area contributed by atoms with Crippen LogP contribution in [0, 0.1) is 0 Å². The predicted octanol–water partition coefficient (Wildman–Crippen LogP) is 6.28. The molecule has 0 fully saturated rings. The lowest BCUT2D eigenvalue weighted by molar-refractivity contribution is 0.518. The molecule has 0 spiro atoms. The maximum absolute atomic E-state index is 6.03. The van der Waals surface area contributed by atoms with E-state index in [4.69, 9.17) is 33.4 Å². The van der Waals surface area contributed by atoms with Crippen LogP contribution in [0.25, 0.3) is 10.2 Å². The second-order valence-electron chi connectivity index (χ2n) is 5.58. The molecule has 3 heterocycles. The van der Waals surface area contributed by atoms with E-state index >= 15 is 0 Å². The van der Waals surface area contributed by atoms with Gasteiger partial charge in [0.1, 0.15) is 17.1 Å². The average Bonchev–Trinajstić information content (AvgIpc) is 3.33. The molecular weight excluding hydrogens is 403 g/mol. The number of furan rings is 1. The summed E-state index contributed by atoms with van der Waals surface area (Å²) in [7, 11) is 0. The number of nitrogens with one attached hydrogen (secondary N) is 1. The first kappa shape index (κ1) is 21.7. The van der Waals surface area contributed by atoms with Crippen molar-refractivity contribution in [2.75, 3.05) is 5.32 Å². The second-order valence-corrected chi connectivity index (χ2v) is 7.20. The molecule has 146 valence electrons. The van der Waals surface area contributed by atoms with Crippen LogP contribution < -0.4 is 11.1 Å². The molecule has 1 atom stereocenters. The Kier molecular flexibility index (Phi) is 9.07. The first-order chi connectivity index (χ1) is 13.1. The van der Waals surface area contributed by atoms with Gasteiger partial charge in [0.15, 0.2) is 0 Å². The molecule has 5 nitrogen and oxygen atoms in total. The number of hydrogen-bond acceptors (Lipinski definition) is 6. The van der Waals surface area contributed by atoms with Gasteiger partial charge >= 0.3 is 0 Å². The van der Waals surface area contributed by atoms with Crippen molar-refractivity contribution in [1.82, 2.24) is 9.97 Å². The minimum Gasteiger partial charge on any atom is -0.467 e. The van der Waals surface area contributed by atoms with Crippen molar-refractivity contribution in [1.29, 1.82) is 0 Å². The van der Waals surface area contributed by atoms with Gasteiger partial charge < -0.3 is 15.5 Å². The van der Waals surface area contributed by atoms with Gasteiger partial charge in [0.25, 0.3) is 0 Å². The van der Waals surface area contributed by atoms with E-state index in [1.807, 2.05) is 31.4 Å². The number of anilines is 1. The first-order valence-corrected chi connectivity index (χ1v) is 10.5. The summed E-state index contributed by atoms with van der Waals surface area (Å²) in [5.41, 5.74) is 6.25. The number of rotatable bonds is 3. The lowest BCUT2D eigenvalue weighted by Crippen LogP contribution is -2.19. The SMILES string of the molecule is CC.Clc1nc(NCc2ccco2)c2scc(Cl)c2n1.NC1CC=CCC1. The zero-order chi connectivity index (χ0) is 19.6. The van der Waals surface area contributed by atoms with Crippen LogP contribution >= 0.6 is 34.5 Å². The predicted molar refractivity (Wildman–Crippen MR) is 116 cm³/mol. The average molecular weight is 427 g/mol. The number of aromatic nitrogens is 2. The van der Waals surface area contributed by atoms with Crippen LogP contribution in [0.3, 0.4) is 0 Å². The van der Waals surface area contributed by atoms with Gasteiger partial charge in [0.2, 0.25) is 5.28 Å². The van der Waals surface area contributed by atoms with Crippen LogP contribution in [0.1, 0.15) is 38.9 Å². The molecule has 0 bridgehead atoms. The summed E-state index contributed by atoms with van der Waals surface area (Å²) in [5, 5.41) is 5.74. The van der Waals surface area contributed by atoms with Gasteiger partial charge in [-0.05, 0) is 43.0 Å². The van der Waals surface area contributed by atoms with Crippen LogP contribution in [0.15, 0.2) is 40.3 Å². The maximum atomic E-state index is 6.03. The zero-order valence-corrected chi connectivity index (χ0v) is 17.7. The minimum atomic E-state index is 0.171. The standard InChI is InChI=1S/C11H7Cl2N3OS.C6H11N.C2H6/c12-7-5-18-9-8(7)15-11(13)16-10(9)14-4-6-2-1-3-17-6;7-6-4-2-1-3-5-6;1-2/h1-3,5H,4H2,(H,14,15,16);1-2,6H,3-5,7H2;1-2H3. The first-order valence-electron chi connectivity index (χ1n) is 8.90. The monoisotopic (exact) mass is 426 g/mol. The Hall–Kier alpha value is -1.60. The Morgan fingerprint density at radius 3 is 2.70 bits per heavy atom. The molecule has 3 aromatic heterocycles. The fraction of sp³-hybridized carbons (Fsp3) is 0.368. The Balaban J connectivity index is 0.000000244. The molecule has 4 rings (SSSR count). The van der Waals surface area contributed by atoms with E-state index in [0.717, 1.165) is 16.9 Å². The molecule has 0 amide bonds. The van der Waals surface area contributed by atoms with Gasteiger partial charge in [-0.3, -0.25) is 0 Å². The normalized spacial score (nSPS) is 15.5. The lowest BCUT2D eigenvalue weighted by atomic mass is 10.0. The Morgan fingerprint density at radius 2 is 2.11 bits per heavy atom. The molecule has 3 N–H and O–H groups in total. The summed E-state index contributed by atoms with van der Waals surface area (Å²) in [4.78, 5) is 8.28. The van der Waals surface area contributed by atoms with Crippen molar-refractivity contribution in [3.63, 3.8) is 0 Å². The molecule has 0 radical (unpaired) electrons. The van der Waals surface area contributed by atoms with Crippen LogP contribution in [0.5, 0.6) is 0 Å². The minimum absolute atomic E-state index is 0.171. The third-order valence-corrected chi connectivity index (χ3v) is 5.23. The molecule has 1 aliphatic rings. The number of allylic oxidation sites excluding steroid dienone is 1. The molecule has 0 saturated carbocycles. The van der Waals surface area contributed by atoms with E-state index in [0.29, 0.717) is 28.9 Å². The highest BCUT2D eigenvalue weighted by molar-refractivity contribution is 7.18. The Labute approximate surface area is 173 Å². The summed E-state index contributed by atoms with van der Waals surface area (Å²) in [6, 6.07) is 4.17. The zero-order valence-electron chi connectivity index (χ0n) is 15.4. The van der Waals surface area contributed by atoms with E-state index in [-0.39, 0.29) is 5.28 Å². The van der Waals surface area contributed by atoms with Gasteiger partial charge in [0.05, 0.1) is 22.5 Å². The fourth-order valence-electron chi connectivity index (χ4n) is 2.38. The summed E-state index contributed by atoms with van der Waals surface area (Å²) in [6.07, 6.45) is 9.43. The number of halogens is 2. The van der Waals surface area contributed by atoms with Gasteiger partial charge in [-0.2, -0.15) is 4.98 Å². The maximum Gasteiger partial charge on any atom is 0.225 e. The highest BCUT2D eigenvalue weighted by Crippen LogP contribution is 2.33. The number of nitrogens with zero attached hydrogens (tertiary/aromatic N) is 2. The van der Waals surface area contributed by atoms with Gasteiger partial charge in [-0.25, -0.2) is 4.98 Å². The third-order valence-electron chi connectivity index (χ3n) is 3.66. The summed E-state index contributed by atoms with van der Waals surface area (Å²) in [5.74, 6) is 1.49. The van der Waals surface area contributed by atoms with Crippen molar-refractivity contribution in [2.24, 2.45) is 5.73 Å². The van der Waals surface area contributed by atoms with Crippen molar-refractivity contribution in [2.45, 2.75) is 45.7 Å². The number of thiophene rings is 1. The van der Waals surface area contributed by atoms with Gasteiger partial charge in [0, 0.05) is 11.4 Å². The summed E-state index contributed by atoms with van der Waals surface area (Å²) in [6.45, 7) is 4.53. The third kappa shape index (κ3) is 6.50. The largest absolute Gasteiger partial charge is 0.467 e. The molecular formula is C19H24Cl2N4OS. The van der Waals surface area contributed by atoms with Crippen LogP contribution in [0.4, 0.5) is 5.82 Å². The molecule has 27 heavy (non-hydrogen) atoms. The van der Waals surface area contributed by atoms with Crippen LogP contribution in [0.2, 0.25) is 10.3 Å². The fourth-order valence-corrected chi connectivity index (χ4v) is 3.71. The topological polar surface area (TPSA) is 77.0 Å². The second kappa shape index (κ2) is 11.3. The summed E-state index contributed by atoms with van der Waals surface area (Å²) < 4.78 is 6.13. The lowest BCUT2D eigenvalue weighted by Gasteiger charge is -2.09. The number of nitrogens with two attached hydrogens (primary N) is 1. The van der Waals surface area contributed by atoms with E-state index < -0.39 is 0 Å². The van der Waals surface area contributed by atoms with E-state index in [2.05, 4.69) is 27.4 Å². The van der Waals surface area contributed by atoms with Gasteiger partial charge in [-0.1, -0.05) is 37.6 Å². The van der Waals surface area contributed by atoms with Crippen molar-refractivity contribution >= 4 is 50.6 Å². The van der Waals surface area contributed by atoms with E-state index in [9.17, 15) is 0 Å². The number of fused-ring (bicyclic) bond motifs is 1.